The van der Waals surface area contributed by atoms with E-state index in [0.717, 1.165) is 5.56 Å². The van der Waals surface area contributed by atoms with Crippen molar-refractivity contribution in [2.24, 2.45) is 0 Å². The maximum absolute atomic E-state index is 11.2. The molecule has 82 valence electrons. The summed E-state index contributed by atoms with van der Waals surface area (Å²) in [4.78, 5) is 11.2. The summed E-state index contributed by atoms with van der Waals surface area (Å²) in [6.07, 6.45) is -1.31. The number of aliphatic hydroxyl groups is 1. The first-order valence-electron chi connectivity index (χ1n) is 4.67. The van der Waals surface area contributed by atoms with E-state index in [9.17, 15) is 9.90 Å². The summed E-state index contributed by atoms with van der Waals surface area (Å²) in [6.45, 7) is 3.80. The van der Waals surface area contributed by atoms with E-state index in [4.69, 9.17) is 16.3 Å². The zero-order valence-corrected chi connectivity index (χ0v) is 9.41. The summed E-state index contributed by atoms with van der Waals surface area (Å²) in [5.74, 6) is -0.678. The van der Waals surface area contributed by atoms with Gasteiger partial charge in [-0.25, -0.2) is 4.79 Å². The van der Waals surface area contributed by atoms with Gasteiger partial charge in [-0.2, -0.15) is 0 Å². The van der Waals surface area contributed by atoms with Gasteiger partial charge in [-0.3, -0.25) is 0 Å². The third-order valence-corrected chi connectivity index (χ3v) is 2.29. The van der Waals surface area contributed by atoms with Gasteiger partial charge in [0, 0.05) is 10.6 Å². The van der Waals surface area contributed by atoms with Crippen molar-refractivity contribution in [2.75, 3.05) is 6.61 Å². The van der Waals surface area contributed by atoms with Crippen LogP contribution in [0, 0.1) is 6.92 Å². The van der Waals surface area contributed by atoms with Crippen LogP contribution in [0.25, 0.3) is 0 Å². The molecule has 0 aliphatic carbocycles. The van der Waals surface area contributed by atoms with E-state index in [1.54, 1.807) is 25.1 Å². The number of benzene rings is 1. The number of esters is 1. The number of carbonyl (C=O) groups excluding carboxylic acids is 1. The third kappa shape index (κ3) is 2.94. The summed E-state index contributed by atoms with van der Waals surface area (Å²) in [6, 6.07) is 5.10. The summed E-state index contributed by atoms with van der Waals surface area (Å²) in [5.41, 5.74) is 1.35. The minimum atomic E-state index is -1.31. The van der Waals surface area contributed by atoms with Gasteiger partial charge in [0.1, 0.15) is 0 Å². The summed E-state index contributed by atoms with van der Waals surface area (Å²) in [5, 5.41) is 10.0. The molecule has 0 fully saturated rings. The highest BCUT2D eigenvalue weighted by molar-refractivity contribution is 6.31. The van der Waals surface area contributed by atoms with E-state index in [2.05, 4.69) is 0 Å². The molecule has 0 saturated heterocycles. The van der Waals surface area contributed by atoms with Gasteiger partial charge in [-0.1, -0.05) is 23.7 Å². The lowest BCUT2D eigenvalue weighted by Gasteiger charge is -2.11. The highest BCUT2D eigenvalue weighted by Gasteiger charge is 2.20. The molecule has 0 aliphatic heterocycles. The third-order valence-electron chi connectivity index (χ3n) is 1.96. The molecule has 0 aliphatic rings. The van der Waals surface area contributed by atoms with Gasteiger partial charge in [0.2, 0.25) is 0 Å². The molecule has 0 radical (unpaired) electrons. The zero-order valence-electron chi connectivity index (χ0n) is 8.66. The summed E-state index contributed by atoms with van der Waals surface area (Å²) < 4.78 is 4.70. The van der Waals surface area contributed by atoms with Crippen molar-refractivity contribution in [3.05, 3.63) is 34.3 Å². The van der Waals surface area contributed by atoms with Gasteiger partial charge in [0.25, 0.3) is 0 Å². The molecule has 1 rings (SSSR count). The SMILES string of the molecule is CCOC(=O)C(O)c1ccc(C)cc1Cl. The molecular weight excluding hydrogens is 216 g/mol. The number of rotatable bonds is 3. The monoisotopic (exact) mass is 228 g/mol. The van der Waals surface area contributed by atoms with Crippen molar-refractivity contribution in [3.63, 3.8) is 0 Å². The molecule has 0 heterocycles. The van der Waals surface area contributed by atoms with Gasteiger partial charge >= 0.3 is 5.97 Å². The second-order valence-electron chi connectivity index (χ2n) is 3.18. The first-order valence-corrected chi connectivity index (χ1v) is 5.04. The van der Waals surface area contributed by atoms with E-state index in [0.29, 0.717) is 10.6 Å². The normalized spacial score (nSPS) is 12.3. The Morgan fingerprint density at radius 3 is 2.80 bits per heavy atom. The zero-order chi connectivity index (χ0) is 11.4. The number of aliphatic hydroxyl groups excluding tert-OH is 1. The van der Waals surface area contributed by atoms with Crippen LogP contribution in [0.2, 0.25) is 5.02 Å². The fourth-order valence-electron chi connectivity index (χ4n) is 1.20. The second kappa shape index (κ2) is 5.14. The van der Waals surface area contributed by atoms with E-state index >= 15 is 0 Å². The van der Waals surface area contributed by atoms with E-state index in [-0.39, 0.29) is 6.61 Å². The molecule has 1 aromatic rings. The number of carbonyl (C=O) groups is 1. The van der Waals surface area contributed by atoms with Crippen LogP contribution in [0.1, 0.15) is 24.2 Å². The minimum Gasteiger partial charge on any atom is -0.464 e. The fourth-order valence-corrected chi connectivity index (χ4v) is 1.54. The van der Waals surface area contributed by atoms with Crippen molar-refractivity contribution >= 4 is 17.6 Å². The molecule has 0 aromatic heterocycles. The molecule has 1 aromatic carbocycles. The number of aryl methyl sites for hydroxylation is 1. The van der Waals surface area contributed by atoms with Crippen molar-refractivity contribution in [2.45, 2.75) is 20.0 Å². The number of hydrogen-bond acceptors (Lipinski definition) is 3. The topological polar surface area (TPSA) is 46.5 Å². The number of ether oxygens (including phenoxy) is 1. The van der Waals surface area contributed by atoms with Gasteiger partial charge in [0.05, 0.1) is 6.61 Å². The van der Waals surface area contributed by atoms with Crippen LogP contribution < -0.4 is 0 Å². The molecule has 3 nitrogen and oxygen atoms in total. The molecule has 4 heteroatoms. The maximum atomic E-state index is 11.2. The van der Waals surface area contributed by atoms with Crippen molar-refractivity contribution in [3.8, 4) is 0 Å². The van der Waals surface area contributed by atoms with E-state index in [1.165, 1.54) is 0 Å². The molecule has 1 atom stereocenters. The fraction of sp³-hybridized carbons (Fsp3) is 0.364. The van der Waals surface area contributed by atoms with E-state index < -0.39 is 12.1 Å². The second-order valence-corrected chi connectivity index (χ2v) is 3.59. The predicted octanol–water partition coefficient (Wildman–Crippen LogP) is 2.24. The molecule has 0 amide bonds. The first-order chi connectivity index (χ1) is 7.06. The van der Waals surface area contributed by atoms with Crippen LogP contribution in [0.3, 0.4) is 0 Å². The van der Waals surface area contributed by atoms with Crippen molar-refractivity contribution in [1.82, 2.24) is 0 Å². The quantitative estimate of drug-likeness (QED) is 0.808. The van der Waals surface area contributed by atoms with Crippen molar-refractivity contribution < 1.29 is 14.6 Å². The highest BCUT2D eigenvalue weighted by atomic mass is 35.5. The highest BCUT2D eigenvalue weighted by Crippen LogP contribution is 2.24. The lowest BCUT2D eigenvalue weighted by molar-refractivity contribution is -0.153. The lowest BCUT2D eigenvalue weighted by Crippen LogP contribution is -2.15. The predicted molar refractivity (Wildman–Crippen MR) is 57.8 cm³/mol. The Balaban J connectivity index is 2.91. The molecule has 1 unspecified atom stereocenters. The van der Waals surface area contributed by atoms with Crippen LogP contribution in [-0.4, -0.2) is 17.7 Å². The average molecular weight is 229 g/mol. The van der Waals surface area contributed by atoms with Crippen LogP contribution in [0.15, 0.2) is 18.2 Å². The molecular formula is C11H13ClO3. The minimum absolute atomic E-state index is 0.235. The van der Waals surface area contributed by atoms with Gasteiger partial charge in [-0.15, -0.1) is 0 Å². The Morgan fingerprint density at radius 1 is 1.60 bits per heavy atom. The Kier molecular flexibility index (Phi) is 4.12. The Morgan fingerprint density at radius 2 is 2.27 bits per heavy atom. The Bertz CT molecular complexity index is 363. The van der Waals surface area contributed by atoms with Gasteiger partial charge < -0.3 is 9.84 Å². The smallest absolute Gasteiger partial charge is 0.339 e. The van der Waals surface area contributed by atoms with Gasteiger partial charge in [-0.05, 0) is 25.5 Å². The molecule has 15 heavy (non-hydrogen) atoms. The molecule has 0 saturated carbocycles. The van der Waals surface area contributed by atoms with E-state index in [1.807, 2.05) is 6.92 Å². The Hall–Kier alpha value is -1.06. The van der Waals surface area contributed by atoms with Crippen molar-refractivity contribution in [1.29, 1.82) is 0 Å². The summed E-state index contributed by atoms with van der Waals surface area (Å²) >= 11 is 5.90. The Labute approximate surface area is 93.6 Å². The molecule has 1 N–H and O–H groups in total. The standard InChI is InChI=1S/C11H13ClO3/c1-3-15-11(14)10(13)8-5-4-7(2)6-9(8)12/h4-6,10,13H,3H2,1-2H3. The maximum Gasteiger partial charge on any atom is 0.339 e. The summed E-state index contributed by atoms with van der Waals surface area (Å²) in [7, 11) is 0. The molecule has 0 bridgehead atoms. The molecule has 0 spiro atoms. The average Bonchev–Trinajstić information content (AvgIpc) is 2.17. The van der Waals surface area contributed by atoms with Crippen LogP contribution >= 0.6 is 11.6 Å². The first kappa shape index (κ1) is 12.0. The largest absolute Gasteiger partial charge is 0.464 e. The number of halogens is 1. The van der Waals surface area contributed by atoms with Crippen LogP contribution in [-0.2, 0) is 9.53 Å². The lowest BCUT2D eigenvalue weighted by atomic mass is 10.1. The van der Waals surface area contributed by atoms with Crippen LogP contribution in [0.5, 0.6) is 0 Å². The number of hydrogen-bond donors (Lipinski definition) is 1. The van der Waals surface area contributed by atoms with Gasteiger partial charge in [0.15, 0.2) is 6.10 Å². The van der Waals surface area contributed by atoms with Crippen LogP contribution in [0.4, 0.5) is 0 Å².